The zero-order chi connectivity index (χ0) is 20.4. The van der Waals surface area contributed by atoms with Gasteiger partial charge in [-0.15, -0.1) is 0 Å². The molecule has 0 saturated carbocycles. The molecule has 0 heterocycles. The summed E-state index contributed by atoms with van der Waals surface area (Å²) in [4.78, 5) is 34.3. The van der Waals surface area contributed by atoms with E-state index in [9.17, 15) is 19.7 Å². The number of benzene rings is 2. The van der Waals surface area contributed by atoms with E-state index < -0.39 is 10.9 Å². The molecule has 2 rings (SSSR count). The molecular weight excluding hydrogens is 364 g/mol. The molecule has 2 aromatic carbocycles. The fraction of sp³-hybridized carbons (Fsp3) is 0.300. The lowest BCUT2D eigenvalue weighted by atomic mass is 10.2. The molecule has 0 saturated heterocycles. The smallest absolute Gasteiger partial charge is 0.338 e. The van der Waals surface area contributed by atoms with E-state index in [0.717, 1.165) is 6.42 Å². The Labute approximate surface area is 162 Å². The van der Waals surface area contributed by atoms with Crippen LogP contribution in [0.3, 0.4) is 0 Å². The number of rotatable bonds is 10. The maximum Gasteiger partial charge on any atom is 0.338 e. The van der Waals surface area contributed by atoms with E-state index in [0.29, 0.717) is 24.3 Å². The summed E-state index contributed by atoms with van der Waals surface area (Å²) in [5.74, 6) is -0.507. The molecule has 0 aliphatic rings. The summed E-state index contributed by atoms with van der Waals surface area (Å²) in [6, 6.07) is 12.6. The lowest BCUT2D eigenvalue weighted by Crippen LogP contribution is -2.14. The van der Waals surface area contributed by atoms with E-state index in [1.165, 1.54) is 12.1 Å². The Bertz CT molecular complexity index is 837. The third-order valence-electron chi connectivity index (χ3n) is 3.69. The number of esters is 1. The summed E-state index contributed by atoms with van der Waals surface area (Å²) in [6.45, 7) is 2.42. The zero-order valence-corrected chi connectivity index (χ0v) is 15.6. The van der Waals surface area contributed by atoms with Crippen LogP contribution in [0.15, 0.2) is 48.5 Å². The minimum absolute atomic E-state index is 0.112. The Morgan fingerprint density at radius 3 is 2.64 bits per heavy atom. The van der Waals surface area contributed by atoms with Crippen molar-refractivity contribution in [1.82, 2.24) is 0 Å². The Kier molecular flexibility index (Phi) is 7.95. The molecule has 0 aliphatic heterocycles. The molecule has 8 heteroatoms. The molecule has 0 unspecified atom stereocenters. The van der Waals surface area contributed by atoms with E-state index >= 15 is 0 Å². The van der Waals surface area contributed by atoms with Crippen LogP contribution in [-0.2, 0) is 9.53 Å². The number of carbonyl (C=O) groups is 2. The predicted molar refractivity (Wildman–Crippen MR) is 103 cm³/mol. The predicted octanol–water partition coefficient (Wildman–Crippen LogP) is 3.96. The molecular formula is C20H22N2O6. The van der Waals surface area contributed by atoms with Gasteiger partial charge in [-0.1, -0.05) is 25.1 Å². The van der Waals surface area contributed by atoms with Gasteiger partial charge >= 0.3 is 11.7 Å². The molecule has 0 spiro atoms. The fourth-order valence-electron chi connectivity index (χ4n) is 2.37. The van der Waals surface area contributed by atoms with Crippen molar-refractivity contribution in [2.24, 2.45) is 0 Å². The number of para-hydroxylation sites is 2. The van der Waals surface area contributed by atoms with Gasteiger partial charge in [0.25, 0.3) is 0 Å². The van der Waals surface area contributed by atoms with Crippen molar-refractivity contribution >= 4 is 23.3 Å². The van der Waals surface area contributed by atoms with Crippen LogP contribution in [-0.4, -0.2) is 30.0 Å². The third-order valence-corrected chi connectivity index (χ3v) is 3.69. The maximum atomic E-state index is 12.1. The van der Waals surface area contributed by atoms with Gasteiger partial charge in [-0.25, -0.2) is 4.79 Å². The number of anilines is 1. The van der Waals surface area contributed by atoms with Gasteiger partial charge in [0.15, 0.2) is 5.75 Å². The second kappa shape index (κ2) is 10.7. The molecule has 0 radical (unpaired) electrons. The van der Waals surface area contributed by atoms with Gasteiger partial charge in [-0.3, -0.25) is 14.9 Å². The largest absolute Gasteiger partial charge is 0.487 e. The molecule has 2 aromatic rings. The summed E-state index contributed by atoms with van der Waals surface area (Å²) < 4.78 is 10.5. The molecule has 1 N–H and O–H groups in total. The Morgan fingerprint density at radius 1 is 1.11 bits per heavy atom. The quantitative estimate of drug-likeness (QED) is 0.287. The highest BCUT2D eigenvalue weighted by Gasteiger charge is 2.13. The fourth-order valence-corrected chi connectivity index (χ4v) is 2.37. The lowest BCUT2D eigenvalue weighted by molar-refractivity contribution is -0.385. The summed E-state index contributed by atoms with van der Waals surface area (Å²) >= 11 is 0. The van der Waals surface area contributed by atoms with E-state index in [1.807, 2.05) is 6.92 Å². The standard InChI is InChI=1S/C20H22N2O6/c1-2-12-28-20(24)15-7-5-8-16(14-15)21-19(23)11-6-13-27-18-10-4-3-9-17(18)22(25)26/h3-5,7-10,14H,2,6,11-13H2,1H3,(H,21,23). The molecule has 0 fully saturated rings. The van der Waals surface area contributed by atoms with E-state index in [4.69, 9.17) is 9.47 Å². The topological polar surface area (TPSA) is 108 Å². The number of carbonyl (C=O) groups excluding carboxylic acids is 2. The summed E-state index contributed by atoms with van der Waals surface area (Å²) in [5.41, 5.74) is 0.750. The molecule has 148 valence electrons. The lowest BCUT2D eigenvalue weighted by Gasteiger charge is -2.09. The second-order valence-corrected chi connectivity index (χ2v) is 5.94. The highest BCUT2D eigenvalue weighted by molar-refractivity contribution is 5.94. The van der Waals surface area contributed by atoms with E-state index in [1.54, 1.807) is 36.4 Å². The van der Waals surface area contributed by atoms with Crippen LogP contribution in [0.2, 0.25) is 0 Å². The number of ether oxygens (including phenoxy) is 2. The van der Waals surface area contributed by atoms with Crippen LogP contribution in [0.1, 0.15) is 36.5 Å². The van der Waals surface area contributed by atoms with Crippen LogP contribution in [0.4, 0.5) is 11.4 Å². The van der Waals surface area contributed by atoms with Crippen LogP contribution in [0, 0.1) is 10.1 Å². The van der Waals surface area contributed by atoms with Gasteiger partial charge in [0.2, 0.25) is 5.91 Å². The summed E-state index contributed by atoms with van der Waals surface area (Å²) in [5, 5.41) is 13.6. The molecule has 0 bridgehead atoms. The van der Waals surface area contributed by atoms with Gasteiger partial charge in [0.1, 0.15) is 0 Å². The molecule has 0 aromatic heterocycles. The highest BCUT2D eigenvalue weighted by Crippen LogP contribution is 2.25. The van der Waals surface area contributed by atoms with Gasteiger partial charge in [0, 0.05) is 18.2 Å². The first kappa shape index (κ1) is 20.9. The maximum absolute atomic E-state index is 12.1. The van der Waals surface area contributed by atoms with Gasteiger partial charge in [-0.2, -0.15) is 0 Å². The molecule has 0 aliphatic carbocycles. The van der Waals surface area contributed by atoms with Crippen LogP contribution < -0.4 is 10.1 Å². The number of hydrogen-bond acceptors (Lipinski definition) is 6. The minimum atomic E-state index is -0.513. The number of nitrogens with zero attached hydrogens (tertiary/aromatic N) is 1. The van der Waals surface area contributed by atoms with Crippen molar-refractivity contribution in [3.63, 3.8) is 0 Å². The van der Waals surface area contributed by atoms with Crippen LogP contribution in [0.5, 0.6) is 5.75 Å². The molecule has 8 nitrogen and oxygen atoms in total. The monoisotopic (exact) mass is 386 g/mol. The number of nitrogens with one attached hydrogen (secondary N) is 1. The van der Waals surface area contributed by atoms with Crippen molar-refractivity contribution in [2.45, 2.75) is 26.2 Å². The zero-order valence-electron chi connectivity index (χ0n) is 15.6. The van der Waals surface area contributed by atoms with Crippen molar-refractivity contribution < 1.29 is 24.0 Å². The highest BCUT2D eigenvalue weighted by atomic mass is 16.6. The van der Waals surface area contributed by atoms with E-state index in [2.05, 4.69) is 5.32 Å². The van der Waals surface area contributed by atoms with Gasteiger partial charge < -0.3 is 14.8 Å². The SMILES string of the molecule is CCCOC(=O)c1cccc(NC(=O)CCCOc2ccccc2[N+](=O)[O-])c1. The first-order valence-corrected chi connectivity index (χ1v) is 8.94. The summed E-state index contributed by atoms with van der Waals surface area (Å²) in [6.07, 6.45) is 1.29. The Morgan fingerprint density at radius 2 is 1.89 bits per heavy atom. The van der Waals surface area contributed by atoms with Crippen molar-refractivity contribution in [2.75, 3.05) is 18.5 Å². The number of nitro groups is 1. The van der Waals surface area contributed by atoms with Gasteiger partial charge in [-0.05, 0) is 37.1 Å². The molecule has 28 heavy (non-hydrogen) atoms. The molecule has 1 amide bonds. The van der Waals surface area contributed by atoms with Crippen molar-refractivity contribution in [3.05, 3.63) is 64.2 Å². The third kappa shape index (κ3) is 6.39. The van der Waals surface area contributed by atoms with Gasteiger partial charge in [0.05, 0.1) is 23.7 Å². The normalized spacial score (nSPS) is 10.2. The van der Waals surface area contributed by atoms with E-state index in [-0.39, 0.29) is 30.4 Å². The number of nitro benzene ring substituents is 1. The second-order valence-electron chi connectivity index (χ2n) is 5.94. The van der Waals surface area contributed by atoms with Crippen molar-refractivity contribution in [3.8, 4) is 5.75 Å². The average molecular weight is 386 g/mol. The summed E-state index contributed by atoms with van der Waals surface area (Å²) in [7, 11) is 0. The number of hydrogen-bond donors (Lipinski definition) is 1. The average Bonchev–Trinajstić information content (AvgIpc) is 2.69. The molecule has 0 atom stereocenters. The van der Waals surface area contributed by atoms with Crippen LogP contribution >= 0.6 is 0 Å². The number of amides is 1. The Balaban J connectivity index is 1.80. The first-order chi connectivity index (χ1) is 13.5. The first-order valence-electron chi connectivity index (χ1n) is 8.94. The minimum Gasteiger partial charge on any atom is -0.487 e. The Hall–Kier alpha value is -3.42. The van der Waals surface area contributed by atoms with Crippen molar-refractivity contribution in [1.29, 1.82) is 0 Å². The van der Waals surface area contributed by atoms with Crippen LogP contribution in [0.25, 0.3) is 0 Å².